The third-order valence-electron chi connectivity index (χ3n) is 8.24. The van der Waals surface area contributed by atoms with Crippen LogP contribution in [0.2, 0.25) is 0 Å². The van der Waals surface area contributed by atoms with Crippen LogP contribution in [0.1, 0.15) is 50.0 Å². The number of aryl methyl sites for hydroxylation is 1. The Bertz CT molecular complexity index is 1440. The van der Waals surface area contributed by atoms with Crippen LogP contribution >= 0.6 is 0 Å². The number of hydrogen-bond acceptors (Lipinski definition) is 7. The van der Waals surface area contributed by atoms with Crippen LogP contribution in [0.25, 0.3) is 22.5 Å². The molecule has 1 aromatic carbocycles. The average Bonchev–Trinajstić information content (AvgIpc) is 3.49. The van der Waals surface area contributed by atoms with Crippen LogP contribution in [-0.4, -0.2) is 29.9 Å². The molecule has 8 rings (SSSR count). The van der Waals surface area contributed by atoms with E-state index in [0.717, 1.165) is 43.0 Å². The number of nitrogens with zero attached hydrogens (tertiary/aromatic N) is 6. The molecular formula is C25H24N6O3. The van der Waals surface area contributed by atoms with E-state index in [1.54, 1.807) is 6.20 Å². The summed E-state index contributed by atoms with van der Waals surface area (Å²) >= 11 is 0. The quantitative estimate of drug-likeness (QED) is 0.315. The minimum atomic E-state index is -0.373. The third-order valence-corrected chi connectivity index (χ3v) is 8.24. The normalized spacial score (nSPS) is 29.7. The van der Waals surface area contributed by atoms with E-state index < -0.39 is 0 Å². The molecule has 34 heavy (non-hydrogen) atoms. The molecule has 0 N–H and O–H groups in total. The van der Waals surface area contributed by atoms with Crippen molar-refractivity contribution in [3.8, 4) is 11.6 Å². The maximum atomic E-state index is 11.3. The van der Waals surface area contributed by atoms with E-state index in [1.807, 2.05) is 28.9 Å². The van der Waals surface area contributed by atoms with Crippen molar-refractivity contribution < 1.29 is 9.34 Å². The van der Waals surface area contributed by atoms with Crippen LogP contribution in [0.5, 0.6) is 0 Å². The van der Waals surface area contributed by atoms with Gasteiger partial charge in [0.05, 0.1) is 21.4 Å². The molecule has 3 heterocycles. The molecule has 2 atom stereocenters. The van der Waals surface area contributed by atoms with Crippen molar-refractivity contribution in [2.24, 2.45) is 11.8 Å². The molecular weight excluding hydrogens is 432 g/mol. The van der Waals surface area contributed by atoms with Crippen molar-refractivity contribution >= 4 is 16.6 Å². The van der Waals surface area contributed by atoms with Gasteiger partial charge in [0.2, 0.25) is 5.89 Å². The molecule has 0 spiro atoms. The Labute approximate surface area is 195 Å². The summed E-state index contributed by atoms with van der Waals surface area (Å²) in [7, 11) is 0. The predicted octanol–water partition coefficient (Wildman–Crippen LogP) is 4.95. The lowest BCUT2D eigenvalue weighted by atomic mass is 9.47. The fraction of sp³-hybridized carbons (Fsp3) is 0.440. The average molecular weight is 457 g/mol. The highest BCUT2D eigenvalue weighted by molar-refractivity contribution is 5.81. The van der Waals surface area contributed by atoms with Crippen molar-refractivity contribution in [3.63, 3.8) is 0 Å². The van der Waals surface area contributed by atoms with E-state index in [9.17, 15) is 10.1 Å². The highest BCUT2D eigenvalue weighted by Gasteiger charge is 2.61. The summed E-state index contributed by atoms with van der Waals surface area (Å²) in [5.41, 5.74) is 2.37. The Morgan fingerprint density at radius 2 is 1.94 bits per heavy atom. The number of nitro groups is 1. The number of benzene rings is 1. The van der Waals surface area contributed by atoms with Gasteiger partial charge in [-0.25, -0.2) is 4.98 Å². The molecule has 4 aliphatic rings. The number of hydrogen-bond donors (Lipinski definition) is 0. The standard InChI is InChI=1S/C25H24N6O3/c1-15-2-4-20-18(6-15)3-5-21(27-20)22-28-29-23(34-22)24-8-16-7-17(9-24)11-25(10-16,14-24)30-13-19(12-26-30)31(32)33/h2-6,12-13,16-17H,7-11,14H2,1H3. The zero-order valence-corrected chi connectivity index (χ0v) is 18.8. The largest absolute Gasteiger partial charge is 0.419 e. The number of fused-ring (bicyclic) bond motifs is 1. The first-order valence-electron chi connectivity index (χ1n) is 11.8. The lowest BCUT2D eigenvalue weighted by Crippen LogP contribution is -2.58. The highest BCUT2D eigenvalue weighted by Crippen LogP contribution is 2.64. The Hall–Kier alpha value is -3.62. The van der Waals surface area contributed by atoms with Crippen molar-refractivity contribution in [1.29, 1.82) is 0 Å². The molecule has 172 valence electrons. The van der Waals surface area contributed by atoms with Crippen molar-refractivity contribution in [3.05, 3.63) is 64.3 Å². The molecule has 9 nitrogen and oxygen atoms in total. The fourth-order valence-electron chi connectivity index (χ4n) is 7.30. The maximum absolute atomic E-state index is 11.3. The van der Waals surface area contributed by atoms with E-state index >= 15 is 0 Å². The van der Waals surface area contributed by atoms with Crippen molar-refractivity contribution in [1.82, 2.24) is 25.0 Å². The molecule has 0 amide bonds. The Kier molecular flexibility index (Phi) is 3.91. The van der Waals surface area contributed by atoms with Gasteiger partial charge in [-0.15, -0.1) is 10.2 Å². The third kappa shape index (κ3) is 2.85. The van der Waals surface area contributed by atoms with Crippen LogP contribution in [0, 0.1) is 28.9 Å². The molecule has 3 aromatic heterocycles. The summed E-state index contributed by atoms with van der Waals surface area (Å²) in [4.78, 5) is 15.7. The summed E-state index contributed by atoms with van der Waals surface area (Å²) in [6.07, 6.45) is 9.00. The summed E-state index contributed by atoms with van der Waals surface area (Å²) in [6, 6.07) is 10.1. The molecule has 0 saturated heterocycles. The zero-order chi connectivity index (χ0) is 23.1. The second kappa shape index (κ2) is 6.71. The van der Waals surface area contributed by atoms with Gasteiger partial charge in [0.25, 0.3) is 5.89 Å². The van der Waals surface area contributed by atoms with E-state index in [0.29, 0.717) is 29.3 Å². The minimum Gasteiger partial charge on any atom is -0.419 e. The highest BCUT2D eigenvalue weighted by atomic mass is 16.6. The number of rotatable bonds is 4. The van der Waals surface area contributed by atoms with Gasteiger partial charge in [0.15, 0.2) is 0 Å². The van der Waals surface area contributed by atoms with E-state index in [2.05, 4.69) is 28.3 Å². The molecule has 0 radical (unpaired) electrons. The van der Waals surface area contributed by atoms with Gasteiger partial charge in [-0.1, -0.05) is 17.7 Å². The van der Waals surface area contributed by atoms with E-state index in [1.165, 1.54) is 18.2 Å². The maximum Gasteiger partial charge on any atom is 0.307 e. The lowest BCUT2D eigenvalue weighted by molar-refractivity contribution is -0.385. The zero-order valence-electron chi connectivity index (χ0n) is 18.8. The fourth-order valence-corrected chi connectivity index (χ4v) is 7.30. The van der Waals surface area contributed by atoms with E-state index in [4.69, 9.17) is 9.40 Å². The summed E-state index contributed by atoms with van der Waals surface area (Å²) < 4.78 is 8.19. The minimum absolute atomic E-state index is 0.0439. The molecule has 4 aliphatic carbocycles. The number of aromatic nitrogens is 5. The summed E-state index contributed by atoms with van der Waals surface area (Å²) in [5.74, 6) is 2.18. The van der Waals surface area contributed by atoms with E-state index in [-0.39, 0.29) is 21.6 Å². The second-order valence-electron chi connectivity index (χ2n) is 10.7. The lowest BCUT2D eigenvalue weighted by Gasteiger charge is -2.60. The van der Waals surface area contributed by atoms with Gasteiger partial charge in [0.1, 0.15) is 18.1 Å². The van der Waals surface area contributed by atoms with Gasteiger partial charge in [0, 0.05) is 5.39 Å². The summed E-state index contributed by atoms with van der Waals surface area (Å²) in [5, 5.41) is 25.7. The molecule has 2 unspecified atom stereocenters. The van der Waals surface area contributed by atoms with Crippen LogP contribution in [0.15, 0.2) is 47.1 Å². The van der Waals surface area contributed by atoms with Crippen LogP contribution in [0.3, 0.4) is 0 Å². The first-order valence-corrected chi connectivity index (χ1v) is 11.8. The van der Waals surface area contributed by atoms with Gasteiger partial charge in [-0.05, 0) is 75.5 Å². The number of pyridine rings is 1. The molecule has 4 saturated carbocycles. The first kappa shape index (κ1) is 19.8. The SMILES string of the molecule is Cc1ccc2nc(-c3nnc(C45CC6CC(C4)CC(n4cc([N+](=O)[O-])cn4)(C6)C5)o3)ccc2c1. The Morgan fingerprint density at radius 3 is 2.71 bits per heavy atom. The Morgan fingerprint density at radius 1 is 1.12 bits per heavy atom. The molecule has 4 bridgehead atoms. The van der Waals surface area contributed by atoms with Crippen molar-refractivity contribution in [2.45, 2.75) is 56.4 Å². The van der Waals surface area contributed by atoms with Crippen LogP contribution in [-0.2, 0) is 11.0 Å². The van der Waals surface area contributed by atoms with Gasteiger partial charge < -0.3 is 4.42 Å². The van der Waals surface area contributed by atoms with Crippen LogP contribution < -0.4 is 0 Å². The monoisotopic (exact) mass is 456 g/mol. The predicted molar refractivity (Wildman–Crippen MR) is 123 cm³/mol. The topological polar surface area (TPSA) is 113 Å². The molecule has 9 heteroatoms. The summed E-state index contributed by atoms with van der Waals surface area (Å²) in [6.45, 7) is 2.07. The van der Waals surface area contributed by atoms with Crippen LogP contribution in [0.4, 0.5) is 5.69 Å². The van der Waals surface area contributed by atoms with Gasteiger partial charge in [-0.3, -0.25) is 14.8 Å². The molecule has 4 aromatic rings. The molecule has 4 fully saturated rings. The second-order valence-corrected chi connectivity index (χ2v) is 10.7. The molecule has 0 aliphatic heterocycles. The van der Waals surface area contributed by atoms with Gasteiger partial charge in [-0.2, -0.15) is 5.10 Å². The first-order chi connectivity index (χ1) is 16.4. The smallest absolute Gasteiger partial charge is 0.307 e. The Balaban J connectivity index is 1.26. The van der Waals surface area contributed by atoms with Gasteiger partial charge >= 0.3 is 5.69 Å². The van der Waals surface area contributed by atoms with Crippen molar-refractivity contribution in [2.75, 3.05) is 0 Å².